The van der Waals surface area contributed by atoms with E-state index in [0.717, 1.165) is 30.5 Å². The number of nitrogens with one attached hydrogen (secondary N) is 2. The molecule has 9 nitrogen and oxygen atoms in total. The third-order valence-electron chi connectivity index (χ3n) is 6.96. The number of fused-ring (bicyclic) bond motifs is 2. The maximum atomic E-state index is 13.3. The molecule has 2 aliphatic heterocycles. The van der Waals surface area contributed by atoms with Crippen LogP contribution in [0.3, 0.4) is 0 Å². The van der Waals surface area contributed by atoms with E-state index in [0.29, 0.717) is 46.3 Å². The van der Waals surface area contributed by atoms with Crippen LogP contribution in [0.25, 0.3) is 11.0 Å². The molecule has 1 fully saturated rings. The summed E-state index contributed by atoms with van der Waals surface area (Å²) in [6.07, 6.45) is 3.83. The van der Waals surface area contributed by atoms with Gasteiger partial charge in [0.2, 0.25) is 17.8 Å². The van der Waals surface area contributed by atoms with Gasteiger partial charge in [-0.25, -0.2) is 4.98 Å². The number of nitrogens with zero attached hydrogens (tertiary/aromatic N) is 4. The van der Waals surface area contributed by atoms with Crippen LogP contribution in [0.5, 0.6) is 0 Å². The zero-order valence-corrected chi connectivity index (χ0v) is 21.6. The first-order valence-electron chi connectivity index (χ1n) is 12.3. The number of hydrogen-bond acceptors (Lipinski definition) is 5. The molecule has 2 aromatic carbocycles. The molecule has 0 radical (unpaired) electrons. The molecule has 0 bridgehead atoms. The van der Waals surface area contributed by atoms with E-state index >= 15 is 0 Å². The number of aromatic nitrogens is 2. The van der Waals surface area contributed by atoms with Gasteiger partial charge < -0.3 is 19.7 Å². The molecule has 37 heavy (non-hydrogen) atoms. The number of imidazole rings is 1. The number of likely N-dealkylation sites (tertiary alicyclic amines) is 1. The average Bonchev–Trinajstić information content (AvgIpc) is 3.05. The zero-order chi connectivity index (χ0) is 26.3. The maximum Gasteiger partial charge on any atom is 0.257 e. The predicted molar refractivity (Wildman–Crippen MR) is 145 cm³/mol. The normalized spacial score (nSPS) is 17.7. The predicted octanol–water partition coefficient (Wildman–Crippen LogP) is 4.38. The van der Waals surface area contributed by atoms with Crippen LogP contribution in [0, 0.1) is 6.92 Å². The van der Waals surface area contributed by atoms with Crippen LogP contribution < -0.4 is 15.5 Å². The summed E-state index contributed by atoms with van der Waals surface area (Å²) in [5, 5.41) is 6.23. The second kappa shape index (κ2) is 9.89. The number of aryl methyl sites for hydroxylation is 1. The highest BCUT2D eigenvalue weighted by atomic mass is 35.5. The van der Waals surface area contributed by atoms with Gasteiger partial charge >= 0.3 is 0 Å². The lowest BCUT2D eigenvalue weighted by molar-refractivity contribution is -0.126. The Hall–Kier alpha value is -3.85. The molecule has 0 aliphatic carbocycles. The number of carbonyl (C=O) groups excluding carboxylic acids is 3. The minimum absolute atomic E-state index is 0.140. The highest BCUT2D eigenvalue weighted by Crippen LogP contribution is 2.43. The molecule has 1 saturated heterocycles. The van der Waals surface area contributed by atoms with Crippen molar-refractivity contribution in [1.82, 2.24) is 14.5 Å². The van der Waals surface area contributed by atoms with Crippen molar-refractivity contribution >= 4 is 57.7 Å². The third-order valence-corrected chi connectivity index (χ3v) is 7.32. The van der Waals surface area contributed by atoms with E-state index in [-0.39, 0.29) is 30.3 Å². The van der Waals surface area contributed by atoms with Gasteiger partial charge in [0, 0.05) is 25.7 Å². The summed E-state index contributed by atoms with van der Waals surface area (Å²) in [4.78, 5) is 46.5. The van der Waals surface area contributed by atoms with Crippen molar-refractivity contribution in [2.45, 2.75) is 32.2 Å². The van der Waals surface area contributed by atoms with Gasteiger partial charge in [0.1, 0.15) is 0 Å². The smallest absolute Gasteiger partial charge is 0.257 e. The summed E-state index contributed by atoms with van der Waals surface area (Å²) in [6, 6.07) is 9.00. The van der Waals surface area contributed by atoms with Gasteiger partial charge in [0.15, 0.2) is 0 Å². The summed E-state index contributed by atoms with van der Waals surface area (Å²) < 4.78 is 1.92. The van der Waals surface area contributed by atoms with Crippen molar-refractivity contribution < 1.29 is 14.4 Å². The zero-order valence-electron chi connectivity index (χ0n) is 20.9. The second-order valence-corrected chi connectivity index (χ2v) is 10.0. The molecule has 192 valence electrons. The highest BCUT2D eigenvalue weighted by molar-refractivity contribution is 6.39. The molecule has 0 saturated carbocycles. The number of benzene rings is 2. The number of rotatable bonds is 4. The fourth-order valence-electron chi connectivity index (χ4n) is 5.16. The van der Waals surface area contributed by atoms with Crippen LogP contribution in [-0.4, -0.2) is 58.9 Å². The second-order valence-electron chi connectivity index (χ2n) is 9.62. The van der Waals surface area contributed by atoms with E-state index in [1.807, 2.05) is 47.7 Å². The van der Waals surface area contributed by atoms with Crippen LogP contribution >= 0.6 is 11.6 Å². The molecule has 3 amide bonds. The first-order valence-corrected chi connectivity index (χ1v) is 12.7. The average molecular weight is 521 g/mol. The van der Waals surface area contributed by atoms with Crippen molar-refractivity contribution in [1.29, 1.82) is 0 Å². The number of carbonyl (C=O) groups is 3. The van der Waals surface area contributed by atoms with Gasteiger partial charge in [0.25, 0.3) is 5.91 Å². The Bertz CT molecular complexity index is 1430. The molecule has 2 aliphatic rings. The molecule has 10 heteroatoms. The number of amides is 3. The lowest BCUT2D eigenvalue weighted by Crippen LogP contribution is -2.35. The molecule has 0 unspecified atom stereocenters. The van der Waals surface area contributed by atoms with E-state index in [1.54, 1.807) is 11.0 Å². The molecule has 3 heterocycles. The summed E-state index contributed by atoms with van der Waals surface area (Å²) in [5.74, 6) is -0.247. The van der Waals surface area contributed by atoms with Gasteiger partial charge in [-0.2, -0.15) is 0 Å². The topological polar surface area (TPSA) is 99.6 Å². The summed E-state index contributed by atoms with van der Waals surface area (Å²) >= 11 is 6.96. The third kappa shape index (κ3) is 4.67. The Kier molecular flexibility index (Phi) is 6.64. The van der Waals surface area contributed by atoms with Gasteiger partial charge in [-0.05, 0) is 50.5 Å². The Morgan fingerprint density at radius 2 is 2.08 bits per heavy atom. The summed E-state index contributed by atoms with van der Waals surface area (Å²) in [7, 11) is 1.82. The fourth-order valence-corrected chi connectivity index (χ4v) is 5.50. The quantitative estimate of drug-likeness (QED) is 0.497. The minimum Gasteiger partial charge on any atom is -0.363 e. The fraction of sp³-hybridized carbons (Fsp3) is 0.333. The largest absolute Gasteiger partial charge is 0.363 e. The minimum atomic E-state index is -0.292. The number of halogens is 1. The summed E-state index contributed by atoms with van der Waals surface area (Å²) in [5.41, 5.74) is 3.95. The van der Waals surface area contributed by atoms with Crippen molar-refractivity contribution in [3.8, 4) is 0 Å². The number of anilines is 3. The van der Waals surface area contributed by atoms with Crippen molar-refractivity contribution in [2.75, 3.05) is 42.2 Å². The summed E-state index contributed by atoms with van der Waals surface area (Å²) in [6.45, 7) is 6.82. The Morgan fingerprint density at radius 1 is 1.27 bits per heavy atom. The van der Waals surface area contributed by atoms with Crippen LogP contribution in [-0.2, 0) is 9.59 Å². The molecular formula is C27H29ClN6O3. The molecule has 1 atom stereocenters. The first-order chi connectivity index (χ1) is 17.8. The molecule has 1 aromatic heterocycles. The lowest BCUT2D eigenvalue weighted by Gasteiger charge is -2.29. The Morgan fingerprint density at radius 3 is 2.84 bits per heavy atom. The lowest BCUT2D eigenvalue weighted by atomic mass is 10.1. The Balaban J connectivity index is 1.66. The highest BCUT2D eigenvalue weighted by Gasteiger charge is 2.31. The van der Waals surface area contributed by atoms with Crippen LogP contribution in [0.2, 0.25) is 5.02 Å². The van der Waals surface area contributed by atoms with Gasteiger partial charge in [0.05, 0.1) is 40.0 Å². The van der Waals surface area contributed by atoms with Crippen LogP contribution in [0.4, 0.5) is 17.3 Å². The van der Waals surface area contributed by atoms with Crippen LogP contribution in [0.1, 0.15) is 41.2 Å². The van der Waals surface area contributed by atoms with Gasteiger partial charge in [-0.3, -0.25) is 19.7 Å². The van der Waals surface area contributed by atoms with E-state index in [4.69, 9.17) is 16.6 Å². The first kappa shape index (κ1) is 24.8. The Labute approximate surface area is 220 Å². The molecule has 5 rings (SSSR count). The number of likely N-dealkylation sites (N-methyl/N-ethyl adjacent to an activating group) is 1. The van der Waals surface area contributed by atoms with Crippen molar-refractivity contribution in [3.05, 3.63) is 59.1 Å². The van der Waals surface area contributed by atoms with E-state index in [1.165, 1.54) is 6.08 Å². The number of hydrogen-bond donors (Lipinski definition) is 2. The van der Waals surface area contributed by atoms with E-state index < -0.39 is 0 Å². The van der Waals surface area contributed by atoms with Crippen molar-refractivity contribution in [2.24, 2.45) is 0 Å². The van der Waals surface area contributed by atoms with Gasteiger partial charge in [-0.1, -0.05) is 35.9 Å². The monoisotopic (exact) mass is 520 g/mol. The van der Waals surface area contributed by atoms with Gasteiger partial charge in [-0.15, -0.1) is 0 Å². The van der Waals surface area contributed by atoms with E-state index in [2.05, 4.69) is 17.2 Å². The van der Waals surface area contributed by atoms with Crippen molar-refractivity contribution in [3.63, 3.8) is 0 Å². The van der Waals surface area contributed by atoms with Crippen LogP contribution in [0.15, 0.2) is 43.0 Å². The SMILES string of the molecule is C=CC(=O)N1CCCC[C@@H](n2c(NC(=O)c3cccc(C)c3)nc3cc4c(c(Cl)c32)NC(=O)CN4C)C1. The molecule has 0 spiro atoms. The van der Waals surface area contributed by atoms with E-state index in [9.17, 15) is 14.4 Å². The maximum absolute atomic E-state index is 13.3. The molecule has 2 N–H and O–H groups in total. The standard InChI is InChI=1S/C27H29ClN6O3/c1-4-22(36)33-11-6-5-10-18(14-33)34-25-19(13-20-24(23(25)28)30-21(35)15-32(20)3)29-27(34)31-26(37)17-9-7-8-16(2)12-17/h4,7-9,12-13,18H,1,5-6,10-11,14-15H2,2-3H3,(H,30,35)(H,29,31,37)/t18-/m1/s1. The molecular weight excluding hydrogens is 492 g/mol. The molecule has 3 aromatic rings.